The largest absolute Gasteiger partial charge is 0.352 e. The van der Waals surface area contributed by atoms with Gasteiger partial charge >= 0.3 is 0 Å². The first kappa shape index (κ1) is 14.0. The summed E-state index contributed by atoms with van der Waals surface area (Å²) < 4.78 is 0. The van der Waals surface area contributed by atoms with E-state index in [1.54, 1.807) is 0 Å². The first-order valence-corrected chi connectivity index (χ1v) is 6.94. The van der Waals surface area contributed by atoms with E-state index >= 15 is 0 Å². The molecule has 0 bridgehead atoms. The molecule has 4 nitrogen and oxygen atoms in total. The minimum Gasteiger partial charge on any atom is -0.352 e. The molecule has 2 N–H and O–H groups in total. The molecule has 4 heteroatoms. The maximum absolute atomic E-state index is 11.7. The van der Waals surface area contributed by atoms with Gasteiger partial charge in [-0.2, -0.15) is 0 Å². The van der Waals surface area contributed by atoms with E-state index < -0.39 is 0 Å². The fourth-order valence-corrected chi connectivity index (χ4v) is 2.07. The molecule has 1 aliphatic rings. The van der Waals surface area contributed by atoms with Crippen LogP contribution in [0.2, 0.25) is 0 Å². The Morgan fingerprint density at radius 3 is 2.79 bits per heavy atom. The molecule has 0 saturated carbocycles. The Morgan fingerprint density at radius 2 is 2.16 bits per heavy atom. The Hall–Kier alpha value is -1.39. The maximum atomic E-state index is 11.7. The fraction of sp³-hybridized carbons (Fsp3) is 0.533. The summed E-state index contributed by atoms with van der Waals surface area (Å²) in [6.07, 6.45) is 0. The van der Waals surface area contributed by atoms with Crippen LogP contribution in [0.5, 0.6) is 0 Å². The van der Waals surface area contributed by atoms with Crippen LogP contribution in [0.3, 0.4) is 0 Å². The highest BCUT2D eigenvalue weighted by Gasteiger charge is 2.24. The molecule has 0 unspecified atom stereocenters. The SMILES string of the molecule is CCN(C)Cc1cccc(CNC(=O)C2CNC2)c1. The number of hydrogen-bond donors (Lipinski definition) is 2. The molecule has 104 valence electrons. The summed E-state index contributed by atoms with van der Waals surface area (Å²) >= 11 is 0. The summed E-state index contributed by atoms with van der Waals surface area (Å²) in [5.74, 6) is 0.323. The summed E-state index contributed by atoms with van der Waals surface area (Å²) in [5, 5.41) is 6.11. The third-order valence-corrected chi connectivity index (χ3v) is 3.60. The zero-order valence-corrected chi connectivity index (χ0v) is 11.8. The third kappa shape index (κ3) is 4.04. The summed E-state index contributed by atoms with van der Waals surface area (Å²) in [6.45, 7) is 6.39. The highest BCUT2D eigenvalue weighted by molar-refractivity contribution is 5.79. The second-order valence-electron chi connectivity index (χ2n) is 5.22. The van der Waals surface area contributed by atoms with Crippen molar-refractivity contribution in [3.05, 3.63) is 35.4 Å². The quantitative estimate of drug-likeness (QED) is 0.802. The van der Waals surface area contributed by atoms with Gasteiger partial charge in [-0.3, -0.25) is 4.79 Å². The molecule has 2 rings (SSSR count). The van der Waals surface area contributed by atoms with Gasteiger partial charge in [0.25, 0.3) is 0 Å². The van der Waals surface area contributed by atoms with Crippen LogP contribution in [0.15, 0.2) is 24.3 Å². The van der Waals surface area contributed by atoms with Crippen LogP contribution in [-0.4, -0.2) is 37.5 Å². The molecule has 1 aromatic carbocycles. The van der Waals surface area contributed by atoms with Gasteiger partial charge < -0.3 is 15.5 Å². The van der Waals surface area contributed by atoms with Crippen molar-refractivity contribution in [1.29, 1.82) is 0 Å². The average molecular weight is 261 g/mol. The topological polar surface area (TPSA) is 44.4 Å². The standard InChI is InChI=1S/C15H23N3O/c1-3-18(2)11-13-6-4-5-12(7-13)8-17-15(19)14-9-16-10-14/h4-7,14,16H,3,8-11H2,1-2H3,(H,17,19). The van der Waals surface area contributed by atoms with Gasteiger partial charge in [0.1, 0.15) is 0 Å². The van der Waals surface area contributed by atoms with E-state index in [4.69, 9.17) is 0 Å². The summed E-state index contributed by atoms with van der Waals surface area (Å²) in [6, 6.07) is 8.43. The van der Waals surface area contributed by atoms with E-state index in [1.807, 2.05) is 0 Å². The number of benzene rings is 1. The van der Waals surface area contributed by atoms with Gasteiger partial charge in [-0.1, -0.05) is 31.2 Å². The molecule has 1 aliphatic heterocycles. The summed E-state index contributed by atoms with van der Waals surface area (Å²) in [4.78, 5) is 14.0. The Bertz CT molecular complexity index is 429. The van der Waals surface area contributed by atoms with Gasteiger partial charge in [0.05, 0.1) is 5.92 Å². The molecule has 19 heavy (non-hydrogen) atoms. The van der Waals surface area contributed by atoms with Gasteiger partial charge in [-0.05, 0) is 24.7 Å². The molecule has 0 spiro atoms. The molecule has 1 aromatic rings. The zero-order valence-electron chi connectivity index (χ0n) is 11.8. The lowest BCUT2D eigenvalue weighted by atomic mass is 10.0. The second kappa shape index (κ2) is 6.68. The van der Waals surface area contributed by atoms with Gasteiger partial charge in [0.15, 0.2) is 0 Å². The van der Waals surface area contributed by atoms with Crippen molar-refractivity contribution < 1.29 is 4.79 Å². The minimum absolute atomic E-state index is 0.161. The highest BCUT2D eigenvalue weighted by Crippen LogP contribution is 2.08. The lowest BCUT2D eigenvalue weighted by Crippen LogP contribution is -2.50. The van der Waals surface area contributed by atoms with Crippen molar-refractivity contribution in [3.63, 3.8) is 0 Å². The number of hydrogen-bond acceptors (Lipinski definition) is 3. The molecular formula is C15H23N3O. The summed E-state index contributed by atoms with van der Waals surface area (Å²) in [5.41, 5.74) is 2.46. The molecule has 1 fully saturated rings. The Kier molecular flexibility index (Phi) is 4.93. The van der Waals surface area contributed by atoms with Crippen molar-refractivity contribution in [1.82, 2.24) is 15.5 Å². The molecule has 0 aromatic heterocycles. The van der Waals surface area contributed by atoms with Crippen molar-refractivity contribution in [2.24, 2.45) is 5.92 Å². The van der Waals surface area contributed by atoms with Crippen LogP contribution in [0.25, 0.3) is 0 Å². The zero-order chi connectivity index (χ0) is 13.7. The van der Waals surface area contributed by atoms with Crippen LogP contribution in [0, 0.1) is 5.92 Å². The molecular weight excluding hydrogens is 238 g/mol. The molecule has 1 amide bonds. The molecule has 0 radical (unpaired) electrons. The second-order valence-corrected chi connectivity index (χ2v) is 5.22. The highest BCUT2D eigenvalue weighted by atomic mass is 16.2. The fourth-order valence-electron chi connectivity index (χ4n) is 2.07. The van der Waals surface area contributed by atoms with Crippen molar-refractivity contribution >= 4 is 5.91 Å². The van der Waals surface area contributed by atoms with E-state index in [9.17, 15) is 4.79 Å². The van der Waals surface area contributed by atoms with Crippen LogP contribution in [0.1, 0.15) is 18.1 Å². The molecule has 1 heterocycles. The van der Waals surface area contributed by atoms with Gasteiger partial charge in [-0.25, -0.2) is 0 Å². The van der Waals surface area contributed by atoms with E-state index in [2.05, 4.69) is 53.8 Å². The molecule has 0 aliphatic carbocycles. The van der Waals surface area contributed by atoms with Gasteiger partial charge in [0.2, 0.25) is 5.91 Å². The predicted octanol–water partition coefficient (Wildman–Crippen LogP) is 0.974. The van der Waals surface area contributed by atoms with Crippen LogP contribution in [-0.2, 0) is 17.9 Å². The van der Waals surface area contributed by atoms with Crippen LogP contribution >= 0.6 is 0 Å². The lowest BCUT2D eigenvalue weighted by molar-refractivity contribution is -0.126. The van der Waals surface area contributed by atoms with Crippen molar-refractivity contribution in [2.45, 2.75) is 20.0 Å². The Balaban J connectivity index is 1.85. The normalized spacial score (nSPS) is 15.3. The minimum atomic E-state index is 0.161. The van der Waals surface area contributed by atoms with Crippen LogP contribution in [0.4, 0.5) is 0 Å². The first-order chi connectivity index (χ1) is 9.19. The Morgan fingerprint density at radius 1 is 1.42 bits per heavy atom. The van der Waals surface area contributed by atoms with Gasteiger partial charge in [-0.15, -0.1) is 0 Å². The number of nitrogens with one attached hydrogen (secondary N) is 2. The van der Waals surface area contributed by atoms with Gasteiger partial charge in [0, 0.05) is 26.2 Å². The van der Waals surface area contributed by atoms with E-state index in [-0.39, 0.29) is 11.8 Å². The van der Waals surface area contributed by atoms with Crippen LogP contribution < -0.4 is 10.6 Å². The number of nitrogens with zero attached hydrogens (tertiary/aromatic N) is 1. The van der Waals surface area contributed by atoms with E-state index in [0.29, 0.717) is 6.54 Å². The molecule has 0 atom stereocenters. The van der Waals surface area contributed by atoms with Crippen molar-refractivity contribution in [3.8, 4) is 0 Å². The number of carbonyl (C=O) groups is 1. The van der Waals surface area contributed by atoms with E-state index in [1.165, 1.54) is 11.1 Å². The lowest BCUT2D eigenvalue weighted by Gasteiger charge is -2.25. The summed E-state index contributed by atoms with van der Waals surface area (Å²) in [7, 11) is 2.11. The van der Waals surface area contributed by atoms with E-state index in [0.717, 1.165) is 26.2 Å². The number of amides is 1. The van der Waals surface area contributed by atoms with Crippen molar-refractivity contribution in [2.75, 3.05) is 26.7 Å². The smallest absolute Gasteiger partial charge is 0.225 e. The predicted molar refractivity (Wildman–Crippen MR) is 76.7 cm³/mol. The number of carbonyl (C=O) groups excluding carboxylic acids is 1. The first-order valence-electron chi connectivity index (χ1n) is 6.94. The average Bonchev–Trinajstić information content (AvgIpc) is 2.34. The number of rotatable bonds is 6. The maximum Gasteiger partial charge on any atom is 0.225 e. The monoisotopic (exact) mass is 261 g/mol. The molecule has 1 saturated heterocycles. The Labute approximate surface area is 115 Å². The third-order valence-electron chi connectivity index (χ3n) is 3.60.